The Morgan fingerprint density at radius 1 is 1.50 bits per heavy atom. The number of halogens is 1. The van der Waals surface area contributed by atoms with E-state index in [2.05, 4.69) is 0 Å². The van der Waals surface area contributed by atoms with Crippen molar-refractivity contribution in [2.45, 2.75) is 5.67 Å². The van der Waals surface area contributed by atoms with Gasteiger partial charge in [-0.05, 0) is 21.1 Å². The Morgan fingerprint density at radius 3 is 2.30 bits per heavy atom. The third-order valence-corrected chi connectivity index (χ3v) is 1.71. The van der Waals surface area contributed by atoms with E-state index in [1.165, 1.54) is 0 Å². The number of rotatable bonds is 2. The summed E-state index contributed by atoms with van der Waals surface area (Å²) in [4.78, 5) is 3.89. The highest BCUT2D eigenvalue weighted by Crippen LogP contribution is 2.23. The Labute approximate surface area is 61.6 Å². The maximum absolute atomic E-state index is 13.3. The number of alkyl halides is 1. The summed E-state index contributed by atoms with van der Waals surface area (Å²) in [6.45, 7) is 1.73. The van der Waals surface area contributed by atoms with Crippen molar-refractivity contribution in [2.75, 3.05) is 40.8 Å². The fraction of sp³-hybridized carbons (Fsp3) is 1.00. The molecule has 1 fully saturated rings. The summed E-state index contributed by atoms with van der Waals surface area (Å²) in [7, 11) is 5.74. The van der Waals surface area contributed by atoms with E-state index in [1.54, 1.807) is 0 Å². The largest absolute Gasteiger partial charge is 0.306 e. The van der Waals surface area contributed by atoms with Gasteiger partial charge in [0.25, 0.3) is 0 Å². The number of hydrogen-bond acceptors (Lipinski definition) is 2. The molecule has 60 valence electrons. The van der Waals surface area contributed by atoms with E-state index in [0.717, 1.165) is 0 Å². The fourth-order valence-corrected chi connectivity index (χ4v) is 1.59. The molecule has 0 radical (unpaired) electrons. The van der Waals surface area contributed by atoms with Gasteiger partial charge in [0.15, 0.2) is 0 Å². The second kappa shape index (κ2) is 2.47. The zero-order valence-electron chi connectivity index (χ0n) is 6.89. The maximum atomic E-state index is 13.3. The minimum Gasteiger partial charge on any atom is -0.306 e. The molecule has 0 unspecified atom stereocenters. The number of nitrogens with zero attached hydrogens (tertiary/aromatic N) is 2. The molecule has 0 bridgehead atoms. The van der Waals surface area contributed by atoms with Crippen LogP contribution in [0.2, 0.25) is 0 Å². The van der Waals surface area contributed by atoms with Gasteiger partial charge in [-0.25, -0.2) is 4.39 Å². The molecule has 0 aromatic rings. The minimum absolute atomic E-state index is 0.553. The van der Waals surface area contributed by atoms with Crippen LogP contribution < -0.4 is 0 Å². The number of likely N-dealkylation sites (tertiary alicyclic amines) is 1. The lowest BCUT2D eigenvalue weighted by molar-refractivity contribution is -0.0313. The first-order chi connectivity index (χ1) is 4.52. The van der Waals surface area contributed by atoms with E-state index >= 15 is 0 Å². The van der Waals surface area contributed by atoms with Crippen molar-refractivity contribution in [3.8, 4) is 0 Å². The van der Waals surface area contributed by atoms with Crippen LogP contribution in [0.3, 0.4) is 0 Å². The van der Waals surface area contributed by atoms with Gasteiger partial charge in [-0.3, -0.25) is 4.90 Å². The van der Waals surface area contributed by atoms with E-state index in [1.807, 2.05) is 30.9 Å². The van der Waals surface area contributed by atoms with Crippen molar-refractivity contribution in [2.24, 2.45) is 0 Å². The predicted molar refractivity (Wildman–Crippen MR) is 39.9 cm³/mol. The van der Waals surface area contributed by atoms with Crippen LogP contribution in [-0.4, -0.2) is 56.2 Å². The van der Waals surface area contributed by atoms with Gasteiger partial charge < -0.3 is 4.90 Å². The summed E-state index contributed by atoms with van der Waals surface area (Å²) in [5.41, 5.74) is -0.932. The van der Waals surface area contributed by atoms with E-state index in [9.17, 15) is 4.39 Å². The topological polar surface area (TPSA) is 6.48 Å². The average molecular weight is 146 g/mol. The molecule has 0 atom stereocenters. The predicted octanol–water partition coefficient (Wildman–Crippen LogP) is 0.202. The van der Waals surface area contributed by atoms with Crippen LogP contribution in [0, 0.1) is 0 Å². The van der Waals surface area contributed by atoms with Crippen LogP contribution in [0.15, 0.2) is 0 Å². The molecule has 10 heavy (non-hydrogen) atoms. The van der Waals surface area contributed by atoms with E-state index < -0.39 is 5.67 Å². The Bertz CT molecular complexity index is 119. The lowest BCUT2D eigenvalue weighted by Gasteiger charge is -2.43. The average Bonchev–Trinajstić information content (AvgIpc) is 1.57. The van der Waals surface area contributed by atoms with Crippen molar-refractivity contribution in [1.29, 1.82) is 0 Å². The first-order valence-corrected chi connectivity index (χ1v) is 3.54. The Kier molecular flexibility index (Phi) is 1.97. The Hall–Kier alpha value is -0.150. The lowest BCUT2D eigenvalue weighted by Crippen LogP contribution is -2.61. The van der Waals surface area contributed by atoms with Crippen molar-refractivity contribution in [1.82, 2.24) is 9.80 Å². The van der Waals surface area contributed by atoms with E-state index in [-0.39, 0.29) is 0 Å². The smallest absolute Gasteiger partial charge is 0.148 e. The quantitative estimate of drug-likeness (QED) is 0.549. The molecule has 3 heteroatoms. The highest BCUT2D eigenvalue weighted by Gasteiger charge is 2.41. The molecule has 2 nitrogen and oxygen atoms in total. The molecule has 1 aliphatic rings. The van der Waals surface area contributed by atoms with Crippen molar-refractivity contribution in [3.05, 3.63) is 0 Å². The van der Waals surface area contributed by atoms with Gasteiger partial charge in [0.05, 0.1) is 0 Å². The Morgan fingerprint density at radius 2 is 2.00 bits per heavy atom. The molecule has 0 saturated carbocycles. The van der Waals surface area contributed by atoms with Crippen molar-refractivity contribution in [3.63, 3.8) is 0 Å². The van der Waals surface area contributed by atoms with Gasteiger partial charge in [-0.2, -0.15) is 0 Å². The molecule has 1 heterocycles. The fourth-order valence-electron chi connectivity index (χ4n) is 1.59. The third kappa shape index (κ3) is 1.67. The van der Waals surface area contributed by atoms with Crippen LogP contribution >= 0.6 is 0 Å². The molecule has 0 N–H and O–H groups in total. The summed E-state index contributed by atoms with van der Waals surface area (Å²) in [5.74, 6) is 0. The molecule has 0 spiro atoms. The Balaban J connectivity index is 2.27. The summed E-state index contributed by atoms with van der Waals surface area (Å²) in [5, 5.41) is 0. The van der Waals surface area contributed by atoms with Crippen LogP contribution in [0.4, 0.5) is 4.39 Å². The zero-order valence-corrected chi connectivity index (χ0v) is 6.89. The lowest BCUT2D eigenvalue weighted by atomic mass is 9.97. The van der Waals surface area contributed by atoms with E-state index in [4.69, 9.17) is 0 Å². The normalized spacial score (nSPS) is 24.9. The summed E-state index contributed by atoms with van der Waals surface area (Å²) in [6.07, 6.45) is 0. The highest BCUT2D eigenvalue weighted by molar-refractivity contribution is 4.95. The monoisotopic (exact) mass is 146 g/mol. The summed E-state index contributed by atoms with van der Waals surface area (Å²) < 4.78 is 13.3. The molecule has 1 rings (SSSR count). The van der Waals surface area contributed by atoms with Crippen LogP contribution in [-0.2, 0) is 0 Å². The second-order valence-corrected chi connectivity index (χ2v) is 3.56. The van der Waals surface area contributed by atoms with Gasteiger partial charge in [0.1, 0.15) is 5.67 Å². The third-order valence-electron chi connectivity index (χ3n) is 1.71. The number of hydrogen-bond donors (Lipinski definition) is 0. The first kappa shape index (κ1) is 7.95. The maximum Gasteiger partial charge on any atom is 0.148 e. The summed E-state index contributed by atoms with van der Waals surface area (Å²) >= 11 is 0. The van der Waals surface area contributed by atoms with Crippen LogP contribution in [0.1, 0.15) is 0 Å². The molecule has 1 saturated heterocycles. The van der Waals surface area contributed by atoms with Gasteiger partial charge >= 0.3 is 0 Å². The van der Waals surface area contributed by atoms with Gasteiger partial charge in [-0.15, -0.1) is 0 Å². The van der Waals surface area contributed by atoms with Gasteiger partial charge in [-0.1, -0.05) is 0 Å². The van der Waals surface area contributed by atoms with E-state index in [0.29, 0.717) is 19.6 Å². The molecule has 0 amide bonds. The molecular weight excluding hydrogens is 131 g/mol. The van der Waals surface area contributed by atoms with Crippen LogP contribution in [0.5, 0.6) is 0 Å². The van der Waals surface area contributed by atoms with Crippen molar-refractivity contribution < 1.29 is 4.39 Å². The minimum atomic E-state index is -0.932. The van der Waals surface area contributed by atoms with Gasteiger partial charge in [0, 0.05) is 19.6 Å². The standard InChI is InChI=1S/C7H15FN2/c1-9(2)4-7(8)5-10(3)6-7/h4-6H2,1-3H3. The molecule has 0 aromatic heterocycles. The molecular formula is C7H15FN2. The molecule has 0 aliphatic carbocycles. The second-order valence-electron chi connectivity index (χ2n) is 3.56. The van der Waals surface area contributed by atoms with Crippen LogP contribution in [0.25, 0.3) is 0 Å². The molecule has 1 aliphatic heterocycles. The zero-order chi connectivity index (χ0) is 7.78. The SMILES string of the molecule is CN(C)CC1(F)CN(C)C1. The first-order valence-electron chi connectivity index (χ1n) is 3.54. The highest BCUT2D eigenvalue weighted by atomic mass is 19.1. The molecule has 0 aromatic carbocycles. The summed E-state index contributed by atoms with van der Waals surface area (Å²) in [6, 6.07) is 0. The van der Waals surface area contributed by atoms with Crippen molar-refractivity contribution >= 4 is 0 Å². The van der Waals surface area contributed by atoms with Gasteiger partial charge in [0.2, 0.25) is 0 Å².